The maximum Gasteiger partial charge on any atom is 0.319 e. The molecular weight excluding hydrogens is 424 g/mol. The zero-order valence-electron chi connectivity index (χ0n) is 20.1. The van der Waals surface area contributed by atoms with Crippen molar-refractivity contribution in [3.8, 4) is 0 Å². The minimum atomic E-state index is -0.388. The molecule has 7 nitrogen and oxygen atoms in total. The van der Waals surface area contributed by atoms with E-state index in [0.29, 0.717) is 0 Å². The smallest absolute Gasteiger partial charge is 0.319 e. The molecule has 2 amide bonds. The summed E-state index contributed by atoms with van der Waals surface area (Å²) in [5, 5.41) is 5.77. The molecule has 0 spiro atoms. The zero-order valence-corrected chi connectivity index (χ0v) is 20.1. The minimum absolute atomic E-state index is 0.0862. The number of primary amides is 1. The highest BCUT2D eigenvalue weighted by atomic mass is 16.2. The number of hydrogen-bond acceptors (Lipinski definition) is 5. The summed E-state index contributed by atoms with van der Waals surface area (Å²) in [5.74, 6) is 1.77. The summed E-state index contributed by atoms with van der Waals surface area (Å²) in [5.41, 5.74) is 9.30. The lowest BCUT2D eigenvalue weighted by Gasteiger charge is -2.37. The van der Waals surface area contributed by atoms with E-state index in [4.69, 9.17) is 15.7 Å². The Labute approximate surface area is 201 Å². The molecule has 2 aliphatic carbocycles. The van der Waals surface area contributed by atoms with Gasteiger partial charge in [-0.3, -0.25) is 4.90 Å². The van der Waals surface area contributed by atoms with E-state index in [1.54, 1.807) is 4.90 Å². The third-order valence-corrected chi connectivity index (χ3v) is 7.24. The van der Waals surface area contributed by atoms with Crippen LogP contribution in [0.1, 0.15) is 49.8 Å². The predicted octanol–water partition coefficient (Wildman–Crippen LogP) is 4.88. The average Bonchev–Trinajstić information content (AvgIpc) is 2.84. The Hall–Kier alpha value is -3.35. The van der Waals surface area contributed by atoms with E-state index in [1.165, 1.54) is 24.1 Å². The largest absolute Gasteiger partial charge is 0.362 e. The number of benzene rings is 2. The molecule has 5 rings (SSSR count). The van der Waals surface area contributed by atoms with Crippen LogP contribution in [0, 0.1) is 0 Å². The monoisotopic (exact) mass is 458 g/mol. The fourth-order valence-electron chi connectivity index (χ4n) is 5.58. The standard InChI is InChI=1S/C27H34N6O/c1-32(2)25-22-11-5-6-12-23(22)30-27(31-25)29-19-14-16-20(17-15-19)33(26(28)34)24-13-7-9-18-8-3-4-10-21(18)24/h3-4,7-10,13,19-20H,5-6,11-12,14-17H2,1-2H3,(H2,28,34)(H,29,30,31). The predicted molar refractivity (Wildman–Crippen MR) is 139 cm³/mol. The Morgan fingerprint density at radius 2 is 1.71 bits per heavy atom. The van der Waals surface area contributed by atoms with Gasteiger partial charge in [-0.2, -0.15) is 4.98 Å². The van der Waals surface area contributed by atoms with Gasteiger partial charge in [0.25, 0.3) is 0 Å². The number of urea groups is 1. The number of aryl methyl sites for hydroxylation is 1. The molecule has 34 heavy (non-hydrogen) atoms. The summed E-state index contributed by atoms with van der Waals surface area (Å²) < 4.78 is 0. The summed E-state index contributed by atoms with van der Waals surface area (Å²) in [4.78, 5) is 26.2. The molecule has 0 aliphatic heterocycles. The Balaban J connectivity index is 1.31. The van der Waals surface area contributed by atoms with Crippen LogP contribution in [0.3, 0.4) is 0 Å². The van der Waals surface area contributed by atoms with Crippen molar-refractivity contribution in [2.75, 3.05) is 29.2 Å². The van der Waals surface area contributed by atoms with E-state index < -0.39 is 0 Å². The molecule has 1 fully saturated rings. The minimum Gasteiger partial charge on any atom is -0.362 e. The number of fused-ring (bicyclic) bond motifs is 2. The summed E-state index contributed by atoms with van der Waals surface area (Å²) in [7, 11) is 4.11. The van der Waals surface area contributed by atoms with Gasteiger partial charge in [0.15, 0.2) is 0 Å². The number of carbonyl (C=O) groups excluding carboxylic acids is 1. The molecule has 1 heterocycles. The number of amides is 2. The van der Waals surface area contributed by atoms with E-state index in [1.807, 2.05) is 24.3 Å². The lowest BCUT2D eigenvalue weighted by Crippen LogP contribution is -2.47. The van der Waals surface area contributed by atoms with Crippen molar-refractivity contribution in [2.24, 2.45) is 5.73 Å². The molecule has 1 aromatic heterocycles. The van der Waals surface area contributed by atoms with Crippen LogP contribution in [0.2, 0.25) is 0 Å². The topological polar surface area (TPSA) is 87.4 Å². The van der Waals surface area contributed by atoms with Gasteiger partial charge in [0.1, 0.15) is 5.82 Å². The molecule has 0 radical (unpaired) electrons. The number of nitrogens with two attached hydrogens (primary N) is 1. The number of nitrogens with one attached hydrogen (secondary N) is 1. The Kier molecular flexibility index (Phi) is 6.26. The van der Waals surface area contributed by atoms with Crippen LogP contribution in [-0.4, -0.2) is 42.2 Å². The zero-order chi connectivity index (χ0) is 23.7. The fraction of sp³-hybridized carbons (Fsp3) is 0.444. The van der Waals surface area contributed by atoms with Crippen LogP contribution >= 0.6 is 0 Å². The van der Waals surface area contributed by atoms with Gasteiger partial charge in [0.05, 0.1) is 11.4 Å². The van der Waals surface area contributed by atoms with Crippen molar-refractivity contribution in [1.82, 2.24) is 9.97 Å². The van der Waals surface area contributed by atoms with Crippen LogP contribution in [0.25, 0.3) is 10.8 Å². The van der Waals surface area contributed by atoms with Gasteiger partial charge in [-0.1, -0.05) is 36.4 Å². The van der Waals surface area contributed by atoms with Crippen molar-refractivity contribution in [1.29, 1.82) is 0 Å². The Bertz CT molecular complexity index is 1180. The number of rotatable bonds is 5. The average molecular weight is 459 g/mol. The van der Waals surface area contributed by atoms with Crippen molar-refractivity contribution in [3.63, 3.8) is 0 Å². The van der Waals surface area contributed by atoms with Gasteiger partial charge in [0.2, 0.25) is 5.95 Å². The fourth-order valence-corrected chi connectivity index (χ4v) is 5.58. The van der Waals surface area contributed by atoms with Gasteiger partial charge < -0.3 is 16.0 Å². The summed E-state index contributed by atoms with van der Waals surface area (Å²) in [6.07, 6.45) is 8.14. The highest BCUT2D eigenvalue weighted by molar-refractivity contribution is 6.03. The second-order valence-electron chi connectivity index (χ2n) is 9.75. The molecule has 0 bridgehead atoms. The van der Waals surface area contributed by atoms with Crippen molar-refractivity contribution in [3.05, 3.63) is 53.7 Å². The third kappa shape index (κ3) is 4.39. The molecule has 3 N–H and O–H groups in total. The molecule has 0 atom stereocenters. The van der Waals surface area contributed by atoms with E-state index in [2.05, 4.69) is 42.5 Å². The first-order valence-electron chi connectivity index (χ1n) is 12.4. The molecule has 1 saturated carbocycles. The van der Waals surface area contributed by atoms with E-state index >= 15 is 0 Å². The van der Waals surface area contributed by atoms with E-state index in [-0.39, 0.29) is 18.1 Å². The number of carbonyl (C=O) groups is 1. The van der Waals surface area contributed by atoms with E-state index in [9.17, 15) is 4.79 Å². The van der Waals surface area contributed by atoms with Crippen LogP contribution < -0.4 is 20.9 Å². The summed E-state index contributed by atoms with van der Waals surface area (Å²) in [6.45, 7) is 0. The number of anilines is 3. The highest BCUT2D eigenvalue weighted by Crippen LogP contribution is 2.34. The maximum absolute atomic E-state index is 12.6. The number of hydrogen-bond donors (Lipinski definition) is 2. The van der Waals surface area contributed by atoms with Crippen LogP contribution in [0.5, 0.6) is 0 Å². The van der Waals surface area contributed by atoms with Gasteiger partial charge in [-0.25, -0.2) is 9.78 Å². The summed E-state index contributed by atoms with van der Waals surface area (Å²) in [6, 6.07) is 14.2. The normalized spacial score (nSPS) is 19.9. The first-order valence-corrected chi connectivity index (χ1v) is 12.4. The SMILES string of the molecule is CN(C)c1nc(NC2CCC(N(C(N)=O)c3cccc4ccccc34)CC2)nc2c1CCCC2. The second kappa shape index (κ2) is 9.49. The molecule has 178 valence electrons. The molecule has 0 unspecified atom stereocenters. The highest BCUT2D eigenvalue weighted by Gasteiger charge is 2.30. The maximum atomic E-state index is 12.6. The first kappa shape index (κ1) is 22.4. The number of nitrogens with zero attached hydrogens (tertiary/aromatic N) is 4. The summed E-state index contributed by atoms with van der Waals surface area (Å²) >= 11 is 0. The molecule has 3 aromatic rings. The van der Waals surface area contributed by atoms with Gasteiger partial charge in [-0.15, -0.1) is 0 Å². The Morgan fingerprint density at radius 3 is 2.47 bits per heavy atom. The van der Waals surface area contributed by atoms with Gasteiger partial charge in [-0.05, 0) is 62.8 Å². The first-order chi connectivity index (χ1) is 16.5. The van der Waals surface area contributed by atoms with Crippen molar-refractivity contribution < 1.29 is 4.79 Å². The lowest BCUT2D eigenvalue weighted by molar-refractivity contribution is 0.248. The lowest BCUT2D eigenvalue weighted by atomic mass is 9.89. The van der Waals surface area contributed by atoms with Crippen LogP contribution in [-0.2, 0) is 12.8 Å². The van der Waals surface area contributed by atoms with Crippen molar-refractivity contribution >= 4 is 34.3 Å². The van der Waals surface area contributed by atoms with Crippen molar-refractivity contribution in [2.45, 2.75) is 63.5 Å². The number of aromatic nitrogens is 2. The molecule has 7 heteroatoms. The third-order valence-electron chi connectivity index (χ3n) is 7.24. The molecule has 2 aliphatic rings. The quantitative estimate of drug-likeness (QED) is 0.569. The van der Waals surface area contributed by atoms with E-state index in [0.717, 1.165) is 66.8 Å². The molecule has 0 saturated heterocycles. The Morgan fingerprint density at radius 1 is 0.971 bits per heavy atom. The second-order valence-corrected chi connectivity index (χ2v) is 9.75. The van der Waals surface area contributed by atoms with Gasteiger partial charge in [0, 0.05) is 37.1 Å². The molecule has 2 aromatic carbocycles. The van der Waals surface area contributed by atoms with Gasteiger partial charge >= 0.3 is 6.03 Å². The van der Waals surface area contributed by atoms with Crippen LogP contribution in [0.15, 0.2) is 42.5 Å². The molecular formula is C27H34N6O. The van der Waals surface area contributed by atoms with Crippen LogP contribution in [0.4, 0.5) is 22.2 Å².